The number of hydrogen-bond acceptors (Lipinski definition) is 7. The van der Waals surface area contributed by atoms with E-state index in [1.165, 1.54) is 218 Å². The van der Waals surface area contributed by atoms with E-state index in [4.69, 9.17) is 18.9 Å². The lowest BCUT2D eigenvalue weighted by Gasteiger charge is -2.25. The van der Waals surface area contributed by atoms with Gasteiger partial charge in [0.25, 0.3) is 6.29 Å². The Labute approximate surface area is 525 Å². The first-order valence-electron chi connectivity index (χ1n) is 35.8. The number of carboxylic acid groups (broad SMARTS) is 1. The predicted molar refractivity (Wildman–Crippen MR) is 364 cm³/mol. The van der Waals surface area contributed by atoms with Crippen LogP contribution in [0.3, 0.4) is 0 Å². The van der Waals surface area contributed by atoms with Crippen molar-refractivity contribution in [2.45, 2.75) is 334 Å². The van der Waals surface area contributed by atoms with E-state index in [1.54, 1.807) is 0 Å². The number of aliphatic carboxylic acids is 1. The van der Waals surface area contributed by atoms with Crippen LogP contribution in [0.25, 0.3) is 0 Å². The summed E-state index contributed by atoms with van der Waals surface area (Å²) in [7, 11) is 5.98. The molecule has 0 aromatic rings. The third-order valence-corrected chi connectivity index (χ3v) is 15.6. The average molecular weight is 1190 g/mol. The monoisotopic (exact) mass is 1190 g/mol. The number of quaternary nitrogens is 1. The van der Waals surface area contributed by atoms with Crippen molar-refractivity contribution in [2.75, 3.05) is 47.5 Å². The average Bonchev–Trinajstić information content (AvgIpc) is 3.49. The van der Waals surface area contributed by atoms with Crippen LogP contribution in [0.2, 0.25) is 0 Å². The molecule has 0 heterocycles. The highest BCUT2D eigenvalue weighted by molar-refractivity contribution is 5.71. The summed E-state index contributed by atoms with van der Waals surface area (Å²) in [6.07, 6.45) is 87.0. The van der Waals surface area contributed by atoms with E-state index < -0.39 is 24.3 Å². The molecule has 0 radical (unpaired) electrons. The van der Waals surface area contributed by atoms with Gasteiger partial charge in [-0.15, -0.1) is 0 Å². The molecule has 0 fully saturated rings. The Morgan fingerprint density at radius 1 is 0.365 bits per heavy atom. The van der Waals surface area contributed by atoms with Crippen LogP contribution in [0, 0.1) is 0 Å². The van der Waals surface area contributed by atoms with Crippen molar-refractivity contribution in [1.82, 2.24) is 0 Å². The fourth-order valence-electron chi connectivity index (χ4n) is 10.2. The molecule has 2 atom stereocenters. The first-order chi connectivity index (χ1) is 41.6. The number of esters is 2. The molecule has 0 amide bonds. The molecule has 0 saturated carbocycles. The zero-order chi connectivity index (χ0) is 61.9. The van der Waals surface area contributed by atoms with Gasteiger partial charge in [-0.1, -0.05) is 304 Å². The van der Waals surface area contributed by atoms with Crippen molar-refractivity contribution in [3.8, 4) is 0 Å². The molecular weight excluding hydrogens is 1050 g/mol. The number of allylic oxidation sites excluding steroid dienone is 14. The second-order valence-electron chi connectivity index (χ2n) is 25.2. The zero-order valence-corrected chi connectivity index (χ0v) is 56.3. The van der Waals surface area contributed by atoms with E-state index in [0.29, 0.717) is 17.4 Å². The lowest BCUT2D eigenvalue weighted by molar-refractivity contribution is -0.870. The topological polar surface area (TPSA) is 108 Å². The number of carbonyl (C=O) groups is 3. The quantitative estimate of drug-likeness (QED) is 0.0211. The molecule has 0 rings (SSSR count). The number of rotatable bonds is 66. The number of carboxylic acids is 1. The number of carbonyl (C=O) groups excluding carboxylic acids is 2. The van der Waals surface area contributed by atoms with Gasteiger partial charge in [0.15, 0.2) is 6.10 Å². The van der Waals surface area contributed by atoms with Gasteiger partial charge in [-0.3, -0.25) is 9.59 Å². The van der Waals surface area contributed by atoms with Crippen molar-refractivity contribution in [3.63, 3.8) is 0 Å². The number of unbranched alkanes of at least 4 members (excludes halogenated alkanes) is 37. The maximum absolute atomic E-state index is 12.9. The molecule has 1 N–H and O–H groups in total. The summed E-state index contributed by atoms with van der Waals surface area (Å²) >= 11 is 0. The Hall–Kier alpha value is -3.53. The molecule has 0 spiro atoms. The van der Waals surface area contributed by atoms with E-state index >= 15 is 0 Å². The van der Waals surface area contributed by atoms with Crippen molar-refractivity contribution < 1.29 is 42.9 Å². The lowest BCUT2D eigenvalue weighted by atomic mass is 10.0. The van der Waals surface area contributed by atoms with Crippen LogP contribution in [0.4, 0.5) is 0 Å². The smallest absolute Gasteiger partial charge is 0.361 e. The number of hydrogen-bond donors (Lipinski definition) is 1. The second-order valence-corrected chi connectivity index (χ2v) is 25.2. The molecule has 9 heteroatoms. The maximum Gasteiger partial charge on any atom is 0.361 e. The predicted octanol–water partition coefficient (Wildman–Crippen LogP) is 22.2. The summed E-state index contributed by atoms with van der Waals surface area (Å²) in [5, 5.41) is 9.74. The lowest BCUT2D eigenvalue weighted by Crippen LogP contribution is -2.40. The van der Waals surface area contributed by atoms with Crippen LogP contribution < -0.4 is 0 Å². The summed E-state index contributed by atoms with van der Waals surface area (Å²) < 4.78 is 23.0. The van der Waals surface area contributed by atoms with Gasteiger partial charge in [0.1, 0.15) is 13.2 Å². The van der Waals surface area contributed by atoms with Crippen molar-refractivity contribution in [1.29, 1.82) is 0 Å². The molecule has 0 aliphatic heterocycles. The third kappa shape index (κ3) is 67.8. The van der Waals surface area contributed by atoms with E-state index in [1.807, 2.05) is 21.1 Å². The van der Waals surface area contributed by atoms with Crippen molar-refractivity contribution in [3.05, 3.63) is 85.1 Å². The largest absolute Gasteiger partial charge is 0.477 e. The van der Waals surface area contributed by atoms with Gasteiger partial charge in [-0.05, 0) is 89.9 Å². The standard InChI is InChI=1S/C76H135NO8/c1-6-8-10-12-14-16-18-20-22-24-26-28-29-30-31-32-33-34-35-36-37-38-39-40-41-42-43-44-45-47-49-51-53-55-57-59-61-63-65-67-74(79)85-72(71-84-76(75(80)81)82-69-68-77(3,4)5)70-83-73(78)66-64-62-60-58-56-54-52-50-48-46-27-25-23-21-19-17-15-13-11-9-7-2/h8,10,14,16,20,22,25-28,30-31,33-34,72,76H,6-7,9,11-13,15,17-19,21,23-24,29,32,35-71H2,1-5H3/p+1/b10-8-,16-14-,22-20-,27-25-,28-26-,31-30-,34-33-. The third-order valence-electron chi connectivity index (χ3n) is 15.6. The van der Waals surface area contributed by atoms with Crippen LogP contribution in [0.15, 0.2) is 85.1 Å². The molecule has 85 heavy (non-hydrogen) atoms. The Kier molecular flexibility index (Phi) is 63.7. The van der Waals surface area contributed by atoms with Crippen LogP contribution in [-0.4, -0.2) is 87.4 Å². The summed E-state index contributed by atoms with van der Waals surface area (Å²) in [6.45, 7) is 4.80. The molecule has 2 unspecified atom stereocenters. The van der Waals surface area contributed by atoms with Gasteiger partial charge in [0.05, 0.1) is 34.4 Å². The molecule has 0 saturated heterocycles. The minimum Gasteiger partial charge on any atom is -0.477 e. The molecule has 0 bridgehead atoms. The van der Waals surface area contributed by atoms with Gasteiger partial charge in [0.2, 0.25) is 0 Å². The zero-order valence-electron chi connectivity index (χ0n) is 56.3. The van der Waals surface area contributed by atoms with E-state index in [9.17, 15) is 19.5 Å². The van der Waals surface area contributed by atoms with Crippen molar-refractivity contribution in [2.24, 2.45) is 0 Å². The molecular formula is C76H136NO8+. The molecule has 0 aliphatic rings. The number of nitrogens with zero attached hydrogens (tertiary/aromatic N) is 1. The first-order valence-corrected chi connectivity index (χ1v) is 35.8. The Morgan fingerprint density at radius 3 is 1.01 bits per heavy atom. The highest BCUT2D eigenvalue weighted by atomic mass is 16.7. The van der Waals surface area contributed by atoms with Gasteiger partial charge in [0, 0.05) is 12.8 Å². The summed E-state index contributed by atoms with van der Waals surface area (Å²) in [5.74, 6) is -1.99. The van der Waals surface area contributed by atoms with Crippen LogP contribution in [0.5, 0.6) is 0 Å². The van der Waals surface area contributed by atoms with Gasteiger partial charge >= 0.3 is 17.9 Å². The summed E-state index contributed by atoms with van der Waals surface area (Å²) in [4.78, 5) is 37.6. The minimum absolute atomic E-state index is 0.181. The van der Waals surface area contributed by atoms with E-state index in [-0.39, 0.29) is 32.2 Å². The van der Waals surface area contributed by atoms with Gasteiger partial charge in [-0.2, -0.15) is 0 Å². The van der Waals surface area contributed by atoms with Gasteiger partial charge < -0.3 is 28.5 Å². The summed E-state index contributed by atoms with van der Waals surface area (Å²) in [6, 6.07) is 0. The highest BCUT2D eigenvalue weighted by Crippen LogP contribution is 2.18. The van der Waals surface area contributed by atoms with Crippen LogP contribution in [-0.2, 0) is 33.3 Å². The molecule has 0 aromatic heterocycles. The number of likely N-dealkylation sites (N-methyl/N-ethyl adjacent to an activating group) is 1. The molecule has 0 aromatic carbocycles. The second kappa shape index (κ2) is 66.4. The Balaban J connectivity index is 4.03. The highest BCUT2D eigenvalue weighted by Gasteiger charge is 2.25. The van der Waals surface area contributed by atoms with Crippen molar-refractivity contribution >= 4 is 17.9 Å². The molecule has 0 aliphatic carbocycles. The Bertz CT molecular complexity index is 1670. The summed E-state index contributed by atoms with van der Waals surface area (Å²) in [5.41, 5.74) is 0. The van der Waals surface area contributed by atoms with Crippen LogP contribution in [0.1, 0.15) is 322 Å². The number of ether oxygens (including phenoxy) is 4. The fraction of sp³-hybridized carbons (Fsp3) is 0.776. The van der Waals surface area contributed by atoms with E-state index in [0.717, 1.165) is 77.0 Å². The fourth-order valence-corrected chi connectivity index (χ4v) is 10.2. The van der Waals surface area contributed by atoms with Crippen LogP contribution >= 0.6 is 0 Å². The Morgan fingerprint density at radius 2 is 0.671 bits per heavy atom. The normalized spacial score (nSPS) is 13.2. The first kappa shape index (κ1) is 81.5. The minimum atomic E-state index is -1.51. The molecule has 9 nitrogen and oxygen atoms in total. The molecule has 492 valence electrons. The SMILES string of the molecule is CC/C=C\C/C=C\C/C=C\C/C=C\C/C=C\C/C=C\CCCCCCCCCCCCCCCCCCCCCCC(=O)OC(COC(=O)CCCCCCCCCCC/C=C\CCCCCCCCCC)COC(OCC[N+](C)(C)C)C(=O)O. The van der Waals surface area contributed by atoms with E-state index in [2.05, 4.69) is 98.9 Å². The maximum atomic E-state index is 12.9. The van der Waals surface area contributed by atoms with Gasteiger partial charge in [-0.25, -0.2) is 4.79 Å².